The topological polar surface area (TPSA) is 43.3 Å². The van der Waals surface area contributed by atoms with Crippen LogP contribution in [0.1, 0.15) is 33.6 Å². The molecule has 0 bridgehead atoms. The number of aliphatic imine (C=N–C) groups is 1. The molecule has 140 valence electrons. The number of hydrogen-bond donors (Lipinski definition) is 1. The molecular formula is C18H37N5O. The predicted molar refractivity (Wildman–Crippen MR) is 101 cm³/mol. The largest absolute Gasteiger partial charge is 0.379 e. The molecule has 6 nitrogen and oxygen atoms in total. The second-order valence-electron chi connectivity index (χ2n) is 6.65. The molecule has 0 aromatic carbocycles. The Labute approximate surface area is 148 Å². The average Bonchev–Trinajstić information content (AvgIpc) is 3.11. The van der Waals surface area contributed by atoms with Crippen molar-refractivity contribution in [2.24, 2.45) is 4.99 Å². The molecular weight excluding hydrogens is 302 g/mol. The second kappa shape index (κ2) is 10.9. The average molecular weight is 340 g/mol. The van der Waals surface area contributed by atoms with E-state index in [2.05, 4.69) is 40.8 Å². The van der Waals surface area contributed by atoms with E-state index in [1.165, 1.54) is 6.42 Å². The first-order valence-electron chi connectivity index (χ1n) is 9.85. The van der Waals surface area contributed by atoms with Gasteiger partial charge >= 0.3 is 0 Å². The maximum Gasteiger partial charge on any atom is 0.193 e. The molecule has 1 unspecified atom stereocenters. The molecule has 24 heavy (non-hydrogen) atoms. The van der Waals surface area contributed by atoms with Crippen LogP contribution in [0.5, 0.6) is 0 Å². The first kappa shape index (κ1) is 19.5. The van der Waals surface area contributed by atoms with Gasteiger partial charge in [-0.1, -0.05) is 13.8 Å². The van der Waals surface area contributed by atoms with Crippen LogP contribution in [0, 0.1) is 0 Å². The summed E-state index contributed by atoms with van der Waals surface area (Å²) in [6, 6.07) is 0.661. The molecule has 2 aliphatic heterocycles. The zero-order valence-electron chi connectivity index (χ0n) is 16.0. The number of likely N-dealkylation sites (tertiary alicyclic amines) is 1. The normalized spacial score (nSPS) is 23.2. The van der Waals surface area contributed by atoms with Crippen molar-refractivity contribution >= 4 is 5.96 Å². The third-order valence-corrected chi connectivity index (χ3v) is 5.15. The Morgan fingerprint density at radius 2 is 1.92 bits per heavy atom. The number of morpholine rings is 1. The Morgan fingerprint density at radius 3 is 2.58 bits per heavy atom. The summed E-state index contributed by atoms with van der Waals surface area (Å²) in [5.41, 5.74) is 0. The highest BCUT2D eigenvalue weighted by Gasteiger charge is 2.30. The molecule has 1 N–H and O–H groups in total. The molecule has 6 heteroatoms. The maximum absolute atomic E-state index is 5.48. The fourth-order valence-electron chi connectivity index (χ4n) is 3.62. The van der Waals surface area contributed by atoms with Crippen molar-refractivity contribution < 1.29 is 4.74 Å². The highest BCUT2D eigenvalue weighted by atomic mass is 16.5. The summed E-state index contributed by atoms with van der Waals surface area (Å²) in [7, 11) is 0. The molecule has 2 saturated heterocycles. The highest BCUT2D eigenvalue weighted by Crippen LogP contribution is 2.17. The van der Waals surface area contributed by atoms with E-state index < -0.39 is 0 Å². The molecule has 2 fully saturated rings. The summed E-state index contributed by atoms with van der Waals surface area (Å²) >= 11 is 0. The van der Waals surface area contributed by atoms with Crippen molar-refractivity contribution in [1.29, 1.82) is 0 Å². The minimum atomic E-state index is 0.661. The van der Waals surface area contributed by atoms with E-state index in [-0.39, 0.29) is 0 Å². The van der Waals surface area contributed by atoms with Crippen molar-refractivity contribution in [3.05, 3.63) is 0 Å². The van der Waals surface area contributed by atoms with Gasteiger partial charge in [0.2, 0.25) is 0 Å². The lowest BCUT2D eigenvalue weighted by molar-refractivity contribution is 0.0195. The number of rotatable bonds is 8. The summed E-state index contributed by atoms with van der Waals surface area (Å²) in [4.78, 5) is 12.4. The van der Waals surface area contributed by atoms with E-state index in [0.29, 0.717) is 6.04 Å². The number of nitrogens with zero attached hydrogens (tertiary/aromatic N) is 4. The Kier molecular flexibility index (Phi) is 8.84. The molecule has 0 amide bonds. The standard InChI is InChI=1S/C18H37N5O/c1-4-19-18(20-9-7-10-21(5-2)6-3)23-11-8-17(16-23)22-12-14-24-15-13-22/h17H,4-16H2,1-3H3,(H,19,20). The smallest absolute Gasteiger partial charge is 0.193 e. The van der Waals surface area contributed by atoms with E-state index >= 15 is 0 Å². The van der Waals surface area contributed by atoms with Crippen molar-refractivity contribution in [3.63, 3.8) is 0 Å². The molecule has 0 aromatic rings. The first-order chi connectivity index (χ1) is 11.8. The summed E-state index contributed by atoms with van der Waals surface area (Å²) in [5.74, 6) is 1.10. The van der Waals surface area contributed by atoms with Gasteiger partial charge in [0, 0.05) is 45.3 Å². The molecule has 0 spiro atoms. The monoisotopic (exact) mass is 339 g/mol. The van der Waals surface area contributed by atoms with E-state index in [1.54, 1.807) is 0 Å². The fourth-order valence-corrected chi connectivity index (χ4v) is 3.62. The highest BCUT2D eigenvalue weighted by molar-refractivity contribution is 5.80. The van der Waals surface area contributed by atoms with Gasteiger partial charge in [0.05, 0.1) is 13.2 Å². The van der Waals surface area contributed by atoms with Crippen LogP contribution >= 0.6 is 0 Å². The van der Waals surface area contributed by atoms with Crippen molar-refractivity contribution in [2.45, 2.75) is 39.7 Å². The predicted octanol–water partition coefficient (Wildman–Crippen LogP) is 1.09. The Morgan fingerprint density at radius 1 is 1.17 bits per heavy atom. The summed E-state index contributed by atoms with van der Waals surface area (Å²) in [6.07, 6.45) is 2.38. The van der Waals surface area contributed by atoms with Crippen LogP contribution in [-0.2, 0) is 4.74 Å². The number of nitrogens with one attached hydrogen (secondary N) is 1. The van der Waals surface area contributed by atoms with Gasteiger partial charge in [0.15, 0.2) is 5.96 Å². The Bertz CT molecular complexity index is 366. The fraction of sp³-hybridized carbons (Fsp3) is 0.944. The van der Waals surface area contributed by atoms with E-state index in [1.807, 2.05) is 0 Å². The molecule has 0 aliphatic carbocycles. The molecule has 2 rings (SSSR count). The minimum absolute atomic E-state index is 0.661. The van der Waals surface area contributed by atoms with Crippen LogP contribution in [-0.4, -0.2) is 98.8 Å². The lowest BCUT2D eigenvalue weighted by Crippen LogP contribution is -2.46. The van der Waals surface area contributed by atoms with Gasteiger partial charge in [-0.2, -0.15) is 0 Å². The van der Waals surface area contributed by atoms with Crippen molar-refractivity contribution in [3.8, 4) is 0 Å². The van der Waals surface area contributed by atoms with E-state index in [9.17, 15) is 0 Å². The first-order valence-corrected chi connectivity index (χ1v) is 9.85. The van der Waals surface area contributed by atoms with Crippen LogP contribution in [0.25, 0.3) is 0 Å². The SMILES string of the molecule is CCNC(=NCCCN(CC)CC)N1CCC(N2CCOCC2)C1. The van der Waals surface area contributed by atoms with Crippen LogP contribution in [0.15, 0.2) is 4.99 Å². The quantitative estimate of drug-likeness (QED) is 0.407. The molecule has 0 aromatic heterocycles. The zero-order chi connectivity index (χ0) is 17.2. The Balaban J connectivity index is 1.80. The number of hydrogen-bond acceptors (Lipinski definition) is 4. The lowest BCUT2D eigenvalue weighted by atomic mass is 10.2. The number of ether oxygens (including phenoxy) is 1. The molecule has 2 heterocycles. The van der Waals surface area contributed by atoms with Crippen LogP contribution in [0.3, 0.4) is 0 Å². The third kappa shape index (κ3) is 5.90. The summed E-state index contributed by atoms with van der Waals surface area (Å²) < 4.78 is 5.48. The van der Waals surface area contributed by atoms with Gasteiger partial charge in [0.25, 0.3) is 0 Å². The Hall–Kier alpha value is -0.850. The van der Waals surface area contributed by atoms with Crippen LogP contribution in [0.2, 0.25) is 0 Å². The van der Waals surface area contributed by atoms with E-state index in [0.717, 1.165) is 84.5 Å². The van der Waals surface area contributed by atoms with Crippen LogP contribution in [0.4, 0.5) is 0 Å². The maximum atomic E-state index is 5.48. The van der Waals surface area contributed by atoms with Gasteiger partial charge in [-0.05, 0) is 39.4 Å². The van der Waals surface area contributed by atoms with Gasteiger partial charge < -0.3 is 19.9 Å². The molecule has 2 aliphatic rings. The van der Waals surface area contributed by atoms with Crippen LogP contribution < -0.4 is 5.32 Å². The van der Waals surface area contributed by atoms with Gasteiger partial charge in [0.1, 0.15) is 0 Å². The van der Waals surface area contributed by atoms with Crippen molar-refractivity contribution in [2.75, 3.05) is 72.1 Å². The molecule has 1 atom stereocenters. The number of guanidine groups is 1. The van der Waals surface area contributed by atoms with Gasteiger partial charge in [-0.25, -0.2) is 0 Å². The van der Waals surface area contributed by atoms with Gasteiger partial charge in [-0.15, -0.1) is 0 Å². The summed E-state index contributed by atoms with van der Waals surface area (Å²) in [5, 5.41) is 3.48. The molecule has 0 saturated carbocycles. The minimum Gasteiger partial charge on any atom is -0.379 e. The summed E-state index contributed by atoms with van der Waals surface area (Å²) in [6.45, 7) is 18.0. The van der Waals surface area contributed by atoms with E-state index in [4.69, 9.17) is 9.73 Å². The zero-order valence-corrected chi connectivity index (χ0v) is 16.0. The third-order valence-electron chi connectivity index (χ3n) is 5.15. The van der Waals surface area contributed by atoms with Crippen molar-refractivity contribution in [1.82, 2.24) is 20.0 Å². The molecule has 0 radical (unpaired) electrons. The van der Waals surface area contributed by atoms with Gasteiger partial charge in [-0.3, -0.25) is 9.89 Å². The second-order valence-corrected chi connectivity index (χ2v) is 6.65. The lowest BCUT2D eigenvalue weighted by Gasteiger charge is -2.32.